The van der Waals surface area contributed by atoms with Crippen molar-refractivity contribution in [3.63, 3.8) is 0 Å². The molecule has 1 fully saturated rings. The zero-order valence-corrected chi connectivity index (χ0v) is 6.95. The summed E-state index contributed by atoms with van der Waals surface area (Å²) < 4.78 is 4.52. The standard InChI is InChI=1S/C8H12O4/c1-12-8(11)6-2-5(3-6)4-7(9)10/h5-6H,2-4H2,1H3,(H,9,10). The molecule has 0 aromatic rings. The Hall–Kier alpha value is -1.06. The van der Waals surface area contributed by atoms with Gasteiger partial charge in [0.1, 0.15) is 0 Å². The lowest BCUT2D eigenvalue weighted by molar-refractivity contribution is -0.152. The first-order valence-corrected chi connectivity index (χ1v) is 3.93. The topological polar surface area (TPSA) is 63.6 Å². The molecule has 0 aliphatic heterocycles. The van der Waals surface area contributed by atoms with Crippen molar-refractivity contribution >= 4 is 11.9 Å². The highest BCUT2D eigenvalue weighted by molar-refractivity contribution is 5.74. The number of esters is 1. The highest BCUT2D eigenvalue weighted by Gasteiger charge is 2.36. The van der Waals surface area contributed by atoms with E-state index in [2.05, 4.69) is 4.74 Å². The van der Waals surface area contributed by atoms with Crippen molar-refractivity contribution in [2.24, 2.45) is 11.8 Å². The lowest BCUT2D eigenvalue weighted by atomic mass is 9.73. The van der Waals surface area contributed by atoms with Gasteiger partial charge in [0.15, 0.2) is 0 Å². The van der Waals surface area contributed by atoms with Gasteiger partial charge in [0.25, 0.3) is 0 Å². The number of aliphatic carboxylic acids is 1. The second kappa shape index (κ2) is 3.56. The van der Waals surface area contributed by atoms with Crippen LogP contribution in [0.15, 0.2) is 0 Å². The molecule has 0 atom stereocenters. The summed E-state index contributed by atoms with van der Waals surface area (Å²) in [6, 6.07) is 0. The molecular formula is C8H12O4. The van der Waals surface area contributed by atoms with Crippen molar-refractivity contribution in [3.8, 4) is 0 Å². The number of ether oxygens (including phenoxy) is 1. The highest BCUT2D eigenvalue weighted by atomic mass is 16.5. The molecule has 0 aromatic carbocycles. The van der Waals surface area contributed by atoms with Crippen LogP contribution in [0.1, 0.15) is 19.3 Å². The van der Waals surface area contributed by atoms with Crippen molar-refractivity contribution in [3.05, 3.63) is 0 Å². The normalized spacial score (nSPS) is 27.4. The van der Waals surface area contributed by atoms with Crippen LogP contribution in [0, 0.1) is 11.8 Å². The maximum atomic E-state index is 10.9. The largest absolute Gasteiger partial charge is 0.481 e. The third-order valence-corrected chi connectivity index (χ3v) is 2.23. The quantitative estimate of drug-likeness (QED) is 0.635. The van der Waals surface area contributed by atoms with Crippen LogP contribution < -0.4 is 0 Å². The molecule has 0 radical (unpaired) electrons. The molecule has 4 heteroatoms. The maximum Gasteiger partial charge on any atom is 0.308 e. The molecule has 0 aromatic heterocycles. The zero-order chi connectivity index (χ0) is 9.14. The van der Waals surface area contributed by atoms with Crippen LogP contribution in [0.4, 0.5) is 0 Å². The lowest BCUT2D eigenvalue weighted by Gasteiger charge is -2.31. The summed E-state index contributed by atoms with van der Waals surface area (Å²) in [7, 11) is 1.35. The van der Waals surface area contributed by atoms with Gasteiger partial charge in [0.05, 0.1) is 13.0 Å². The molecule has 0 amide bonds. The Morgan fingerprint density at radius 2 is 2.08 bits per heavy atom. The monoisotopic (exact) mass is 172 g/mol. The summed E-state index contributed by atoms with van der Waals surface area (Å²) in [4.78, 5) is 21.1. The first-order valence-electron chi connectivity index (χ1n) is 3.93. The number of carbonyl (C=O) groups excluding carboxylic acids is 1. The molecule has 0 unspecified atom stereocenters. The number of hydrogen-bond donors (Lipinski definition) is 1. The van der Waals surface area contributed by atoms with Crippen LogP contribution in [0.3, 0.4) is 0 Å². The van der Waals surface area contributed by atoms with Gasteiger partial charge in [-0.1, -0.05) is 0 Å². The van der Waals surface area contributed by atoms with E-state index < -0.39 is 5.97 Å². The number of hydrogen-bond acceptors (Lipinski definition) is 3. The lowest BCUT2D eigenvalue weighted by Crippen LogP contribution is -2.32. The smallest absolute Gasteiger partial charge is 0.308 e. The van der Waals surface area contributed by atoms with Crippen LogP contribution in [-0.2, 0) is 14.3 Å². The minimum absolute atomic E-state index is 0.0562. The van der Waals surface area contributed by atoms with Crippen LogP contribution in [0.2, 0.25) is 0 Å². The van der Waals surface area contributed by atoms with Gasteiger partial charge in [-0.3, -0.25) is 9.59 Å². The predicted octanol–water partition coefficient (Wildman–Crippen LogP) is 0.660. The summed E-state index contributed by atoms with van der Waals surface area (Å²) in [6.07, 6.45) is 1.51. The average molecular weight is 172 g/mol. The SMILES string of the molecule is COC(=O)C1CC(CC(=O)O)C1. The fourth-order valence-electron chi connectivity index (χ4n) is 1.51. The van der Waals surface area contributed by atoms with Crippen LogP contribution in [0.25, 0.3) is 0 Å². The van der Waals surface area contributed by atoms with Crippen molar-refractivity contribution in [1.29, 1.82) is 0 Å². The van der Waals surface area contributed by atoms with Crippen molar-refractivity contribution in [2.75, 3.05) is 7.11 Å². The van der Waals surface area contributed by atoms with Crippen LogP contribution in [0.5, 0.6) is 0 Å². The van der Waals surface area contributed by atoms with E-state index in [4.69, 9.17) is 5.11 Å². The Bertz CT molecular complexity index is 193. The summed E-state index contributed by atoms with van der Waals surface area (Å²) in [5, 5.41) is 8.41. The number of carboxylic acid groups (broad SMARTS) is 1. The summed E-state index contributed by atoms with van der Waals surface area (Å²) in [6.45, 7) is 0. The summed E-state index contributed by atoms with van der Waals surface area (Å²) in [5.41, 5.74) is 0. The number of methoxy groups -OCH3 is 1. The van der Waals surface area contributed by atoms with E-state index in [1.807, 2.05) is 0 Å². The van der Waals surface area contributed by atoms with Crippen LogP contribution in [-0.4, -0.2) is 24.2 Å². The van der Waals surface area contributed by atoms with Crippen molar-refractivity contribution < 1.29 is 19.4 Å². The predicted molar refractivity (Wildman–Crippen MR) is 40.5 cm³/mol. The van der Waals surface area contributed by atoms with Gasteiger partial charge in [-0.05, 0) is 18.8 Å². The van der Waals surface area contributed by atoms with Gasteiger partial charge in [0.2, 0.25) is 0 Å². The zero-order valence-electron chi connectivity index (χ0n) is 6.95. The molecule has 1 aliphatic carbocycles. The van der Waals surface area contributed by atoms with E-state index in [9.17, 15) is 9.59 Å². The Morgan fingerprint density at radius 1 is 1.50 bits per heavy atom. The molecule has 12 heavy (non-hydrogen) atoms. The number of carboxylic acids is 1. The molecule has 4 nitrogen and oxygen atoms in total. The molecule has 0 saturated heterocycles. The van der Waals surface area contributed by atoms with Gasteiger partial charge < -0.3 is 9.84 Å². The minimum atomic E-state index is -0.789. The van der Waals surface area contributed by atoms with E-state index in [0.717, 1.165) is 0 Å². The van der Waals surface area contributed by atoms with Crippen molar-refractivity contribution in [1.82, 2.24) is 0 Å². The van der Waals surface area contributed by atoms with Crippen LogP contribution >= 0.6 is 0 Å². The minimum Gasteiger partial charge on any atom is -0.481 e. The van der Waals surface area contributed by atoms with E-state index >= 15 is 0 Å². The number of carbonyl (C=O) groups is 2. The van der Waals surface area contributed by atoms with E-state index in [0.29, 0.717) is 12.8 Å². The fourth-order valence-corrected chi connectivity index (χ4v) is 1.51. The third-order valence-electron chi connectivity index (χ3n) is 2.23. The summed E-state index contributed by atoms with van der Waals surface area (Å²) >= 11 is 0. The highest BCUT2D eigenvalue weighted by Crippen LogP contribution is 2.36. The third kappa shape index (κ3) is 1.96. The van der Waals surface area contributed by atoms with Gasteiger partial charge in [0, 0.05) is 6.42 Å². The molecule has 1 saturated carbocycles. The van der Waals surface area contributed by atoms with Gasteiger partial charge in [-0.15, -0.1) is 0 Å². The summed E-state index contributed by atoms with van der Waals surface area (Å²) in [5.74, 6) is -0.883. The molecule has 0 spiro atoms. The molecule has 68 valence electrons. The Morgan fingerprint density at radius 3 is 2.50 bits per heavy atom. The van der Waals surface area contributed by atoms with Gasteiger partial charge >= 0.3 is 11.9 Å². The maximum absolute atomic E-state index is 10.9. The van der Waals surface area contributed by atoms with Crippen molar-refractivity contribution in [2.45, 2.75) is 19.3 Å². The van der Waals surface area contributed by atoms with Gasteiger partial charge in [-0.2, -0.15) is 0 Å². The van der Waals surface area contributed by atoms with E-state index in [-0.39, 0.29) is 24.2 Å². The van der Waals surface area contributed by atoms with E-state index in [1.165, 1.54) is 7.11 Å². The Balaban J connectivity index is 2.20. The number of rotatable bonds is 3. The first kappa shape index (κ1) is 9.03. The van der Waals surface area contributed by atoms with E-state index in [1.54, 1.807) is 0 Å². The second-order valence-electron chi connectivity index (χ2n) is 3.16. The fraction of sp³-hybridized carbons (Fsp3) is 0.750. The molecule has 1 N–H and O–H groups in total. The molecule has 0 heterocycles. The van der Waals surface area contributed by atoms with Gasteiger partial charge in [-0.25, -0.2) is 0 Å². The first-order chi connectivity index (χ1) is 5.63. The second-order valence-corrected chi connectivity index (χ2v) is 3.16. The molecule has 0 bridgehead atoms. The Labute approximate surface area is 70.5 Å². The molecule has 1 aliphatic rings. The Kier molecular flexibility index (Phi) is 2.68. The average Bonchev–Trinajstić information content (AvgIpc) is 1.94. The molecule has 1 rings (SSSR count). The molecular weight excluding hydrogens is 160 g/mol.